The highest BCUT2D eigenvalue weighted by Gasteiger charge is 2.32. The Balaban J connectivity index is 2.10. The molecule has 0 amide bonds. The first-order valence-corrected chi connectivity index (χ1v) is 6.66. The van der Waals surface area contributed by atoms with Crippen LogP contribution >= 0.6 is 0 Å². The van der Waals surface area contributed by atoms with E-state index in [0.717, 1.165) is 23.6 Å². The van der Waals surface area contributed by atoms with Gasteiger partial charge in [0, 0.05) is 24.6 Å². The van der Waals surface area contributed by atoms with Crippen molar-refractivity contribution in [2.45, 2.75) is 32.0 Å². The third kappa shape index (κ3) is 3.61. The van der Waals surface area contributed by atoms with E-state index in [1.54, 1.807) is 0 Å². The highest BCUT2D eigenvalue weighted by atomic mass is 16.5. The number of hydrogen-bond acceptors (Lipinski definition) is 4. The lowest BCUT2D eigenvalue weighted by atomic mass is 9.92. The van der Waals surface area contributed by atoms with Crippen LogP contribution in [0.2, 0.25) is 0 Å². The number of fused-ring (bicyclic) bond motifs is 1. The van der Waals surface area contributed by atoms with Gasteiger partial charge in [0.05, 0.1) is 6.10 Å². The normalized spacial score (nSPS) is 20.8. The lowest BCUT2D eigenvalue weighted by molar-refractivity contribution is 0.0113. The number of benzene rings is 1. The smallest absolute Gasteiger partial charge is 0.129 e. The van der Waals surface area contributed by atoms with E-state index in [9.17, 15) is 5.11 Å². The van der Waals surface area contributed by atoms with Gasteiger partial charge in [-0.15, -0.1) is 0 Å². The zero-order chi connectivity index (χ0) is 14.0. The van der Waals surface area contributed by atoms with E-state index in [1.165, 1.54) is 0 Å². The van der Waals surface area contributed by atoms with Gasteiger partial charge in [-0.05, 0) is 40.1 Å². The summed E-state index contributed by atoms with van der Waals surface area (Å²) in [7, 11) is 4.02. The molecule has 0 saturated carbocycles. The Labute approximate surface area is 114 Å². The minimum atomic E-state index is -0.463. The molecule has 4 nitrogen and oxygen atoms in total. The zero-order valence-corrected chi connectivity index (χ0v) is 12.1. The van der Waals surface area contributed by atoms with Crippen LogP contribution in [0, 0.1) is 0 Å². The molecule has 0 bridgehead atoms. The molecule has 0 radical (unpaired) electrons. The average molecular weight is 265 g/mol. The predicted molar refractivity (Wildman–Crippen MR) is 74.8 cm³/mol. The molecule has 2 rings (SSSR count). The van der Waals surface area contributed by atoms with Crippen molar-refractivity contribution >= 4 is 0 Å². The van der Waals surface area contributed by atoms with Crippen molar-refractivity contribution < 1.29 is 14.6 Å². The molecule has 0 spiro atoms. The first-order chi connectivity index (χ1) is 8.87. The fourth-order valence-corrected chi connectivity index (χ4v) is 2.23. The largest absolute Gasteiger partial charge is 0.492 e. The summed E-state index contributed by atoms with van der Waals surface area (Å²) in [6, 6.07) is 5.65. The molecular weight excluding hydrogens is 242 g/mol. The van der Waals surface area contributed by atoms with Gasteiger partial charge in [0.1, 0.15) is 23.7 Å². The van der Waals surface area contributed by atoms with Gasteiger partial charge < -0.3 is 19.5 Å². The molecule has 1 aromatic carbocycles. The Hall–Kier alpha value is -1.26. The van der Waals surface area contributed by atoms with E-state index >= 15 is 0 Å². The van der Waals surface area contributed by atoms with Gasteiger partial charge in [-0.3, -0.25) is 0 Å². The molecule has 1 aliphatic heterocycles. The van der Waals surface area contributed by atoms with Crippen molar-refractivity contribution in [1.29, 1.82) is 0 Å². The van der Waals surface area contributed by atoms with Crippen LogP contribution in [0.5, 0.6) is 11.5 Å². The lowest BCUT2D eigenvalue weighted by Crippen LogP contribution is -2.34. The summed E-state index contributed by atoms with van der Waals surface area (Å²) < 4.78 is 11.6. The molecule has 0 aliphatic carbocycles. The van der Waals surface area contributed by atoms with Crippen molar-refractivity contribution in [3.63, 3.8) is 0 Å². The van der Waals surface area contributed by atoms with Gasteiger partial charge in [-0.1, -0.05) is 0 Å². The Kier molecular flexibility index (Phi) is 4.02. The molecule has 4 heteroatoms. The second-order valence-electron chi connectivity index (χ2n) is 5.93. The summed E-state index contributed by atoms with van der Waals surface area (Å²) in [5, 5.41) is 10.1. The topological polar surface area (TPSA) is 41.9 Å². The molecule has 1 aliphatic rings. The van der Waals surface area contributed by atoms with Crippen LogP contribution in [0.4, 0.5) is 0 Å². The van der Waals surface area contributed by atoms with Crippen LogP contribution < -0.4 is 9.47 Å². The van der Waals surface area contributed by atoms with E-state index < -0.39 is 6.10 Å². The number of nitrogens with zero attached hydrogens (tertiary/aromatic N) is 1. The van der Waals surface area contributed by atoms with E-state index in [1.807, 2.05) is 46.1 Å². The fraction of sp³-hybridized carbons (Fsp3) is 0.600. The van der Waals surface area contributed by atoms with E-state index in [4.69, 9.17) is 9.47 Å². The van der Waals surface area contributed by atoms with Gasteiger partial charge >= 0.3 is 0 Å². The molecule has 1 aromatic rings. The Bertz CT molecular complexity index is 443. The SMILES string of the molecule is CN(C)CCOc1ccc2c(c1)OC(C)(C)CC2O. The number of aliphatic hydroxyl groups is 1. The van der Waals surface area contributed by atoms with E-state index in [2.05, 4.69) is 4.90 Å². The number of rotatable bonds is 4. The van der Waals surface area contributed by atoms with Crippen molar-refractivity contribution in [1.82, 2.24) is 4.90 Å². The second-order valence-corrected chi connectivity index (χ2v) is 5.93. The summed E-state index contributed by atoms with van der Waals surface area (Å²) in [4.78, 5) is 2.07. The van der Waals surface area contributed by atoms with Crippen molar-refractivity contribution in [2.75, 3.05) is 27.2 Å². The third-order valence-electron chi connectivity index (χ3n) is 3.22. The zero-order valence-electron chi connectivity index (χ0n) is 12.1. The van der Waals surface area contributed by atoms with Gasteiger partial charge in [0.15, 0.2) is 0 Å². The van der Waals surface area contributed by atoms with Gasteiger partial charge in [-0.2, -0.15) is 0 Å². The van der Waals surface area contributed by atoms with Gasteiger partial charge in [-0.25, -0.2) is 0 Å². The van der Waals surface area contributed by atoms with Crippen molar-refractivity contribution in [2.24, 2.45) is 0 Å². The van der Waals surface area contributed by atoms with Gasteiger partial charge in [0.2, 0.25) is 0 Å². The van der Waals surface area contributed by atoms with Crippen LogP contribution in [-0.4, -0.2) is 42.9 Å². The Morgan fingerprint density at radius 2 is 2.16 bits per heavy atom. The monoisotopic (exact) mass is 265 g/mol. The Morgan fingerprint density at radius 1 is 1.42 bits per heavy atom. The maximum Gasteiger partial charge on any atom is 0.129 e. The van der Waals surface area contributed by atoms with Crippen LogP contribution in [0.3, 0.4) is 0 Å². The molecule has 0 saturated heterocycles. The van der Waals surface area contributed by atoms with E-state index in [0.29, 0.717) is 13.0 Å². The Morgan fingerprint density at radius 3 is 2.84 bits per heavy atom. The molecule has 0 aromatic heterocycles. The number of aliphatic hydroxyl groups excluding tert-OH is 1. The van der Waals surface area contributed by atoms with Crippen LogP contribution in [-0.2, 0) is 0 Å². The maximum absolute atomic E-state index is 10.1. The minimum absolute atomic E-state index is 0.339. The fourth-order valence-electron chi connectivity index (χ4n) is 2.23. The maximum atomic E-state index is 10.1. The first-order valence-electron chi connectivity index (χ1n) is 6.66. The van der Waals surface area contributed by atoms with E-state index in [-0.39, 0.29) is 5.60 Å². The molecule has 1 N–H and O–H groups in total. The van der Waals surface area contributed by atoms with Crippen molar-refractivity contribution in [3.05, 3.63) is 23.8 Å². The molecule has 1 atom stereocenters. The van der Waals surface area contributed by atoms with Crippen LogP contribution in [0.15, 0.2) is 18.2 Å². The van der Waals surface area contributed by atoms with Crippen LogP contribution in [0.25, 0.3) is 0 Å². The third-order valence-corrected chi connectivity index (χ3v) is 3.22. The van der Waals surface area contributed by atoms with Crippen LogP contribution in [0.1, 0.15) is 31.9 Å². The first kappa shape index (κ1) is 14.2. The summed E-state index contributed by atoms with van der Waals surface area (Å²) in [6.45, 7) is 5.47. The number of hydrogen-bond donors (Lipinski definition) is 1. The second kappa shape index (κ2) is 5.39. The predicted octanol–water partition coefficient (Wildman–Crippen LogP) is 2.22. The summed E-state index contributed by atoms with van der Waals surface area (Å²) in [5.74, 6) is 1.51. The molecule has 106 valence electrons. The summed E-state index contributed by atoms with van der Waals surface area (Å²) >= 11 is 0. The number of likely N-dealkylation sites (N-methyl/N-ethyl adjacent to an activating group) is 1. The molecule has 1 unspecified atom stereocenters. The highest BCUT2D eigenvalue weighted by Crippen LogP contribution is 2.40. The lowest BCUT2D eigenvalue weighted by Gasteiger charge is -2.35. The number of ether oxygens (including phenoxy) is 2. The molecule has 1 heterocycles. The summed E-state index contributed by atoms with van der Waals surface area (Å²) in [6.07, 6.45) is 0.149. The molecular formula is C15H23NO3. The van der Waals surface area contributed by atoms with Gasteiger partial charge in [0.25, 0.3) is 0 Å². The van der Waals surface area contributed by atoms with Crippen molar-refractivity contribution in [3.8, 4) is 11.5 Å². The summed E-state index contributed by atoms with van der Waals surface area (Å²) in [5.41, 5.74) is 0.508. The average Bonchev–Trinajstić information content (AvgIpc) is 2.26. The molecule has 19 heavy (non-hydrogen) atoms. The molecule has 0 fully saturated rings. The standard InChI is InChI=1S/C15H23NO3/c1-15(2)10-13(17)12-6-5-11(9-14(12)19-15)18-8-7-16(3)4/h5-6,9,13,17H,7-8,10H2,1-4H3. The minimum Gasteiger partial charge on any atom is -0.492 e. The highest BCUT2D eigenvalue weighted by molar-refractivity contribution is 5.43. The quantitative estimate of drug-likeness (QED) is 0.906.